The van der Waals surface area contributed by atoms with E-state index in [1.165, 1.54) is 13.0 Å². The fourth-order valence-electron chi connectivity index (χ4n) is 1.81. The first-order valence-corrected chi connectivity index (χ1v) is 5.72. The molecule has 0 atom stereocenters. The Hall–Kier alpha value is -2.26. The summed E-state index contributed by atoms with van der Waals surface area (Å²) in [5.74, 6) is -3.86. The van der Waals surface area contributed by atoms with Crippen LogP contribution in [0.25, 0.3) is 11.1 Å². The molecule has 1 aromatic heterocycles. The lowest BCUT2D eigenvalue weighted by Crippen LogP contribution is -2.13. The standard InChI is InChI=1S/C13H6ClF3N2O/c1-5-2-6(7(4-18)13(20)19-5)10-8(15)3-9(16)11(14)12(10)17/h2-3H,1H3,(H,19,20). The van der Waals surface area contributed by atoms with E-state index < -0.39 is 39.2 Å². The van der Waals surface area contributed by atoms with Crippen LogP contribution in [0.4, 0.5) is 13.2 Å². The van der Waals surface area contributed by atoms with Crippen LogP contribution < -0.4 is 5.56 Å². The van der Waals surface area contributed by atoms with Crippen molar-refractivity contribution < 1.29 is 13.2 Å². The number of rotatable bonds is 1. The molecule has 0 saturated carbocycles. The number of benzene rings is 1. The molecule has 0 aliphatic heterocycles. The molecule has 0 aliphatic rings. The van der Waals surface area contributed by atoms with Gasteiger partial charge in [-0.2, -0.15) is 5.26 Å². The molecular weight excluding hydrogens is 293 g/mol. The van der Waals surface area contributed by atoms with E-state index in [2.05, 4.69) is 4.98 Å². The lowest BCUT2D eigenvalue weighted by Gasteiger charge is -2.09. The molecule has 102 valence electrons. The average molecular weight is 299 g/mol. The van der Waals surface area contributed by atoms with Crippen LogP contribution in [-0.4, -0.2) is 4.98 Å². The fourth-order valence-corrected chi connectivity index (χ4v) is 1.96. The second-order valence-corrected chi connectivity index (χ2v) is 4.40. The third kappa shape index (κ3) is 2.17. The molecule has 0 unspecified atom stereocenters. The second kappa shape index (κ2) is 5.02. The molecule has 7 heteroatoms. The zero-order chi connectivity index (χ0) is 15.0. The Bertz CT molecular complexity index is 809. The zero-order valence-corrected chi connectivity index (χ0v) is 10.8. The quantitative estimate of drug-likeness (QED) is 0.649. The summed E-state index contributed by atoms with van der Waals surface area (Å²) in [6.45, 7) is 1.48. The van der Waals surface area contributed by atoms with Crippen LogP contribution in [0.1, 0.15) is 11.3 Å². The highest BCUT2D eigenvalue weighted by Crippen LogP contribution is 2.33. The van der Waals surface area contributed by atoms with Gasteiger partial charge >= 0.3 is 0 Å². The van der Waals surface area contributed by atoms with Gasteiger partial charge in [0.1, 0.15) is 28.3 Å². The van der Waals surface area contributed by atoms with E-state index >= 15 is 0 Å². The third-order valence-corrected chi connectivity index (χ3v) is 3.01. The Kier molecular flexibility index (Phi) is 3.55. The Balaban J connectivity index is 2.93. The van der Waals surface area contributed by atoms with E-state index in [1.54, 1.807) is 6.07 Å². The van der Waals surface area contributed by atoms with Crippen molar-refractivity contribution in [3.8, 4) is 17.2 Å². The number of H-pyrrole nitrogens is 1. The van der Waals surface area contributed by atoms with Crippen LogP contribution in [0, 0.1) is 35.7 Å². The molecule has 0 bridgehead atoms. The van der Waals surface area contributed by atoms with Gasteiger partial charge in [0.05, 0.1) is 5.56 Å². The molecule has 0 saturated heterocycles. The Morgan fingerprint density at radius 2 is 1.90 bits per heavy atom. The van der Waals surface area contributed by atoms with Crippen molar-refractivity contribution in [2.24, 2.45) is 0 Å². The highest BCUT2D eigenvalue weighted by molar-refractivity contribution is 6.31. The molecule has 0 radical (unpaired) electrons. The van der Waals surface area contributed by atoms with Gasteiger partial charge in [0, 0.05) is 17.3 Å². The summed E-state index contributed by atoms with van der Waals surface area (Å²) in [6, 6.07) is 3.18. The minimum atomic E-state index is -1.36. The van der Waals surface area contributed by atoms with Crippen molar-refractivity contribution in [1.29, 1.82) is 5.26 Å². The summed E-state index contributed by atoms with van der Waals surface area (Å²) in [5.41, 5.74) is -1.95. The van der Waals surface area contributed by atoms with E-state index in [9.17, 15) is 18.0 Å². The normalized spacial score (nSPS) is 10.4. The van der Waals surface area contributed by atoms with Gasteiger partial charge in [-0.3, -0.25) is 4.79 Å². The van der Waals surface area contributed by atoms with E-state index in [4.69, 9.17) is 16.9 Å². The van der Waals surface area contributed by atoms with Crippen LogP contribution in [-0.2, 0) is 0 Å². The molecule has 0 fully saturated rings. The Morgan fingerprint density at radius 3 is 2.50 bits per heavy atom. The second-order valence-electron chi connectivity index (χ2n) is 4.03. The number of pyridine rings is 1. The number of nitrogens with zero attached hydrogens (tertiary/aromatic N) is 1. The van der Waals surface area contributed by atoms with Crippen molar-refractivity contribution in [3.05, 3.63) is 56.2 Å². The first-order valence-electron chi connectivity index (χ1n) is 5.34. The van der Waals surface area contributed by atoms with Crippen molar-refractivity contribution in [2.75, 3.05) is 0 Å². The SMILES string of the molecule is Cc1cc(-c2c(F)cc(F)c(Cl)c2F)c(C#N)c(=O)[nH]1. The van der Waals surface area contributed by atoms with Gasteiger partial charge in [-0.05, 0) is 13.0 Å². The topological polar surface area (TPSA) is 56.6 Å². The molecule has 0 aliphatic carbocycles. The maximum atomic E-state index is 14.0. The minimum absolute atomic E-state index is 0.273. The predicted octanol–water partition coefficient (Wildman–Crippen LogP) is 3.29. The number of aromatic amines is 1. The number of aromatic nitrogens is 1. The first-order chi connectivity index (χ1) is 9.36. The molecule has 3 nitrogen and oxygen atoms in total. The molecule has 1 N–H and O–H groups in total. The summed E-state index contributed by atoms with van der Waals surface area (Å²) in [6.07, 6.45) is 0. The number of halogens is 4. The molecule has 0 spiro atoms. The van der Waals surface area contributed by atoms with Crippen molar-refractivity contribution in [3.63, 3.8) is 0 Å². The molecule has 1 heterocycles. The maximum Gasteiger partial charge on any atom is 0.266 e. The molecule has 0 amide bonds. The summed E-state index contributed by atoms with van der Waals surface area (Å²) in [4.78, 5) is 13.9. The van der Waals surface area contributed by atoms with Gasteiger partial charge in [-0.25, -0.2) is 13.2 Å². The van der Waals surface area contributed by atoms with Crippen LogP contribution in [0.3, 0.4) is 0 Å². The molecule has 20 heavy (non-hydrogen) atoms. The molecule has 2 rings (SSSR count). The van der Waals surface area contributed by atoms with Gasteiger partial charge in [0.25, 0.3) is 5.56 Å². The van der Waals surface area contributed by atoms with E-state index in [1.807, 2.05) is 0 Å². The zero-order valence-electron chi connectivity index (χ0n) is 10.0. The summed E-state index contributed by atoms with van der Waals surface area (Å²) >= 11 is 5.39. The van der Waals surface area contributed by atoms with Crippen LogP contribution in [0.2, 0.25) is 5.02 Å². The van der Waals surface area contributed by atoms with Crippen molar-refractivity contribution >= 4 is 11.6 Å². The summed E-state index contributed by atoms with van der Waals surface area (Å²) < 4.78 is 40.9. The van der Waals surface area contributed by atoms with Crippen molar-refractivity contribution in [2.45, 2.75) is 6.92 Å². The largest absolute Gasteiger partial charge is 0.325 e. The smallest absolute Gasteiger partial charge is 0.266 e. The highest BCUT2D eigenvalue weighted by atomic mass is 35.5. The van der Waals surface area contributed by atoms with E-state index in [0.29, 0.717) is 11.8 Å². The van der Waals surface area contributed by atoms with Crippen molar-refractivity contribution in [1.82, 2.24) is 4.98 Å². The minimum Gasteiger partial charge on any atom is -0.325 e. The molecule has 2 aromatic rings. The van der Waals surface area contributed by atoms with E-state index in [-0.39, 0.29) is 5.56 Å². The van der Waals surface area contributed by atoms with Gasteiger partial charge < -0.3 is 4.98 Å². The monoisotopic (exact) mass is 298 g/mol. The van der Waals surface area contributed by atoms with Crippen LogP contribution in [0.5, 0.6) is 0 Å². The summed E-state index contributed by atoms with van der Waals surface area (Å²) in [7, 11) is 0. The first kappa shape index (κ1) is 14.2. The van der Waals surface area contributed by atoms with Gasteiger partial charge in [0.15, 0.2) is 5.82 Å². The number of hydrogen-bond donors (Lipinski definition) is 1. The molecule has 1 aromatic carbocycles. The number of aryl methyl sites for hydroxylation is 1. The number of nitriles is 1. The summed E-state index contributed by atoms with van der Waals surface area (Å²) in [5, 5.41) is 8.04. The van der Waals surface area contributed by atoms with Gasteiger partial charge in [-0.15, -0.1) is 0 Å². The Morgan fingerprint density at radius 1 is 1.25 bits per heavy atom. The van der Waals surface area contributed by atoms with E-state index in [0.717, 1.165) is 0 Å². The van der Waals surface area contributed by atoms with Gasteiger partial charge in [0.2, 0.25) is 0 Å². The number of nitrogens with one attached hydrogen (secondary N) is 1. The maximum absolute atomic E-state index is 14.0. The Labute approximate surface area is 116 Å². The average Bonchev–Trinajstić information content (AvgIpc) is 2.35. The third-order valence-electron chi connectivity index (χ3n) is 2.66. The fraction of sp³-hybridized carbons (Fsp3) is 0.0769. The van der Waals surface area contributed by atoms with Crippen LogP contribution >= 0.6 is 11.6 Å². The number of hydrogen-bond acceptors (Lipinski definition) is 2. The predicted molar refractivity (Wildman–Crippen MR) is 66.8 cm³/mol. The molecular formula is C13H6ClF3N2O. The highest BCUT2D eigenvalue weighted by Gasteiger charge is 2.22. The van der Waals surface area contributed by atoms with Crippen LogP contribution in [0.15, 0.2) is 16.9 Å². The lowest BCUT2D eigenvalue weighted by molar-refractivity contribution is 0.548. The van der Waals surface area contributed by atoms with Gasteiger partial charge in [-0.1, -0.05) is 11.6 Å². The lowest BCUT2D eigenvalue weighted by atomic mass is 10.00.